The molecule has 0 amide bonds. The zero-order chi connectivity index (χ0) is 16.7. The minimum atomic E-state index is -0.0629. The molecular weight excluding hydrogens is 284 g/mol. The molecule has 1 fully saturated rings. The summed E-state index contributed by atoms with van der Waals surface area (Å²) in [6.07, 6.45) is 5.40. The topological polar surface area (TPSA) is 40.5 Å². The van der Waals surface area contributed by atoms with Crippen molar-refractivity contribution in [2.45, 2.75) is 46.0 Å². The minimum absolute atomic E-state index is 0.0622. The molecule has 2 aromatic rings. The molecule has 3 rings (SSSR count). The van der Waals surface area contributed by atoms with Crippen LogP contribution in [-0.4, -0.2) is 10.2 Å². The van der Waals surface area contributed by atoms with E-state index in [4.69, 9.17) is 0 Å². The minimum Gasteiger partial charge on any atom is -0.504 e. The second-order valence-electron chi connectivity index (χ2n) is 6.54. The van der Waals surface area contributed by atoms with Gasteiger partial charge in [0.05, 0.1) is 0 Å². The van der Waals surface area contributed by atoms with E-state index in [1.54, 1.807) is 12.1 Å². The van der Waals surface area contributed by atoms with Crippen molar-refractivity contribution in [3.05, 3.63) is 52.6 Å². The molecule has 0 aromatic heterocycles. The first kappa shape index (κ1) is 15.7. The Labute approximate surface area is 138 Å². The molecule has 0 unspecified atom stereocenters. The monoisotopic (exact) mass is 308 g/mol. The lowest BCUT2D eigenvalue weighted by molar-refractivity contribution is 0.403. The highest BCUT2D eigenvalue weighted by Gasteiger charge is 2.30. The highest BCUT2D eigenvalue weighted by Crippen LogP contribution is 2.48. The summed E-state index contributed by atoms with van der Waals surface area (Å²) in [4.78, 5) is 0. The first-order valence-electron chi connectivity index (χ1n) is 8.29. The molecule has 0 spiro atoms. The lowest BCUT2D eigenvalue weighted by Gasteiger charge is -2.21. The third-order valence-corrected chi connectivity index (χ3v) is 4.85. The summed E-state index contributed by atoms with van der Waals surface area (Å²) in [5, 5.41) is 19.7. The summed E-state index contributed by atoms with van der Waals surface area (Å²) in [5.41, 5.74) is 8.40. The number of aromatic hydroxyl groups is 2. The fraction of sp³-hybridized carbons (Fsp3) is 0.333. The molecule has 1 saturated carbocycles. The van der Waals surface area contributed by atoms with Crippen molar-refractivity contribution in [3.8, 4) is 22.6 Å². The van der Waals surface area contributed by atoms with Crippen molar-refractivity contribution < 1.29 is 10.2 Å². The van der Waals surface area contributed by atoms with E-state index in [1.807, 2.05) is 13.0 Å². The molecule has 120 valence electrons. The Morgan fingerprint density at radius 1 is 1.09 bits per heavy atom. The van der Waals surface area contributed by atoms with E-state index in [0.717, 1.165) is 17.5 Å². The van der Waals surface area contributed by atoms with E-state index in [1.165, 1.54) is 40.7 Å². The van der Waals surface area contributed by atoms with Gasteiger partial charge in [-0.05, 0) is 90.1 Å². The first-order valence-corrected chi connectivity index (χ1v) is 8.29. The summed E-state index contributed by atoms with van der Waals surface area (Å²) in [7, 11) is 0. The van der Waals surface area contributed by atoms with Gasteiger partial charge in [0.15, 0.2) is 11.5 Å². The Bertz CT molecular complexity index is 783. The van der Waals surface area contributed by atoms with Crippen molar-refractivity contribution in [2.75, 3.05) is 0 Å². The van der Waals surface area contributed by atoms with Crippen LogP contribution in [0.4, 0.5) is 0 Å². The lowest BCUT2D eigenvalue weighted by atomic mass is 9.84. The van der Waals surface area contributed by atoms with Crippen LogP contribution in [0.15, 0.2) is 24.8 Å². The molecule has 1 aliphatic rings. The lowest BCUT2D eigenvalue weighted by Crippen LogP contribution is -2.02. The molecule has 23 heavy (non-hydrogen) atoms. The zero-order valence-electron chi connectivity index (χ0n) is 14.1. The maximum Gasteiger partial charge on any atom is 0.158 e. The smallest absolute Gasteiger partial charge is 0.158 e. The molecule has 0 atom stereocenters. The van der Waals surface area contributed by atoms with Crippen molar-refractivity contribution in [1.82, 2.24) is 0 Å². The van der Waals surface area contributed by atoms with Crippen LogP contribution in [0.1, 0.15) is 53.5 Å². The number of phenols is 2. The fourth-order valence-corrected chi connectivity index (χ4v) is 3.65. The second kappa shape index (κ2) is 5.77. The summed E-state index contributed by atoms with van der Waals surface area (Å²) < 4.78 is 0. The van der Waals surface area contributed by atoms with Gasteiger partial charge in [0.2, 0.25) is 0 Å². The second-order valence-corrected chi connectivity index (χ2v) is 6.54. The number of phenolic OH excluding ortho intramolecular Hbond substituents is 2. The molecule has 1 aliphatic carbocycles. The fourth-order valence-electron chi connectivity index (χ4n) is 3.65. The van der Waals surface area contributed by atoms with Crippen LogP contribution in [0.25, 0.3) is 17.2 Å². The van der Waals surface area contributed by atoms with Gasteiger partial charge >= 0.3 is 0 Å². The van der Waals surface area contributed by atoms with E-state index in [-0.39, 0.29) is 11.5 Å². The molecular formula is C21H24O2. The molecule has 2 aromatic carbocycles. The Kier molecular flexibility index (Phi) is 3.93. The van der Waals surface area contributed by atoms with Gasteiger partial charge in [0, 0.05) is 0 Å². The molecule has 0 aliphatic heterocycles. The van der Waals surface area contributed by atoms with Gasteiger partial charge in [0.1, 0.15) is 0 Å². The zero-order valence-corrected chi connectivity index (χ0v) is 14.1. The van der Waals surface area contributed by atoms with Gasteiger partial charge < -0.3 is 10.2 Å². The van der Waals surface area contributed by atoms with Crippen LogP contribution >= 0.6 is 0 Å². The van der Waals surface area contributed by atoms with E-state index in [9.17, 15) is 10.2 Å². The molecule has 2 heteroatoms. The largest absolute Gasteiger partial charge is 0.504 e. The number of hydrogen-bond donors (Lipinski definition) is 2. The molecule has 2 nitrogen and oxygen atoms in total. The molecule has 0 heterocycles. The molecule has 0 saturated heterocycles. The average molecular weight is 308 g/mol. The Hall–Kier alpha value is -2.22. The molecule has 0 radical (unpaired) electrons. The van der Waals surface area contributed by atoms with Gasteiger partial charge in [-0.2, -0.15) is 0 Å². The highest BCUT2D eigenvalue weighted by atomic mass is 16.3. The van der Waals surface area contributed by atoms with Gasteiger partial charge in [-0.3, -0.25) is 0 Å². The predicted molar refractivity (Wildman–Crippen MR) is 96.1 cm³/mol. The van der Waals surface area contributed by atoms with Crippen LogP contribution in [-0.2, 0) is 6.42 Å². The highest BCUT2D eigenvalue weighted by molar-refractivity contribution is 5.80. The van der Waals surface area contributed by atoms with Gasteiger partial charge in [-0.25, -0.2) is 0 Å². The Morgan fingerprint density at radius 2 is 1.74 bits per heavy atom. The van der Waals surface area contributed by atoms with Crippen LogP contribution in [0.2, 0.25) is 0 Å². The standard InChI is InChI=1S/C21H24O2/c1-5-14-9-13(4)20(16(6-2)21(14)15-7-8-15)17-11-19(23)18(22)10-12(17)3/h5,9-11,15,22-23H,1,6-8H2,2-4H3. The summed E-state index contributed by atoms with van der Waals surface area (Å²) >= 11 is 0. The van der Waals surface area contributed by atoms with E-state index in [2.05, 4.69) is 26.5 Å². The number of hydrogen-bond acceptors (Lipinski definition) is 2. The number of rotatable bonds is 4. The molecule has 2 N–H and O–H groups in total. The SMILES string of the molecule is C=Cc1cc(C)c(-c2cc(O)c(O)cc2C)c(CC)c1C1CC1. The third-order valence-electron chi connectivity index (χ3n) is 4.85. The van der Waals surface area contributed by atoms with E-state index in [0.29, 0.717) is 5.92 Å². The average Bonchev–Trinajstić information content (AvgIpc) is 3.34. The van der Waals surface area contributed by atoms with Crippen LogP contribution in [0.5, 0.6) is 11.5 Å². The number of aryl methyl sites for hydroxylation is 2. The third kappa shape index (κ3) is 2.63. The van der Waals surface area contributed by atoms with Gasteiger partial charge in [-0.15, -0.1) is 0 Å². The summed E-state index contributed by atoms with van der Waals surface area (Å²) in [6, 6.07) is 5.54. The quantitative estimate of drug-likeness (QED) is 0.736. The predicted octanol–water partition coefficient (Wildman–Crippen LogP) is 5.46. The number of benzene rings is 2. The van der Waals surface area contributed by atoms with Gasteiger partial charge in [0.25, 0.3) is 0 Å². The summed E-state index contributed by atoms with van der Waals surface area (Å²) in [5.74, 6) is 0.517. The molecule has 0 bridgehead atoms. The van der Waals surface area contributed by atoms with Crippen LogP contribution in [0.3, 0.4) is 0 Å². The van der Waals surface area contributed by atoms with Crippen LogP contribution < -0.4 is 0 Å². The Balaban J connectivity index is 2.33. The Morgan fingerprint density at radius 3 is 2.30 bits per heavy atom. The summed E-state index contributed by atoms with van der Waals surface area (Å²) in [6.45, 7) is 10.3. The van der Waals surface area contributed by atoms with E-state index >= 15 is 0 Å². The maximum atomic E-state index is 9.97. The normalized spacial score (nSPS) is 14.0. The van der Waals surface area contributed by atoms with Gasteiger partial charge in [-0.1, -0.05) is 25.6 Å². The van der Waals surface area contributed by atoms with Crippen LogP contribution in [0, 0.1) is 13.8 Å². The van der Waals surface area contributed by atoms with E-state index < -0.39 is 0 Å². The first-order chi connectivity index (χ1) is 11.0. The van der Waals surface area contributed by atoms with Crippen molar-refractivity contribution in [2.24, 2.45) is 0 Å². The van der Waals surface area contributed by atoms with Crippen molar-refractivity contribution in [1.29, 1.82) is 0 Å². The van der Waals surface area contributed by atoms with Crippen molar-refractivity contribution in [3.63, 3.8) is 0 Å². The maximum absolute atomic E-state index is 9.97. The van der Waals surface area contributed by atoms with Crippen molar-refractivity contribution >= 4 is 6.08 Å².